The van der Waals surface area contributed by atoms with Crippen LogP contribution in [-0.2, 0) is 28.1 Å². The summed E-state index contributed by atoms with van der Waals surface area (Å²) < 4.78 is 6.65. The molecule has 1 amide bonds. The molecule has 2 aromatic rings. The van der Waals surface area contributed by atoms with Crippen molar-refractivity contribution in [2.45, 2.75) is 50.4 Å². The van der Waals surface area contributed by atoms with Gasteiger partial charge in [-0.15, -0.1) is 0 Å². The molecule has 0 saturated carbocycles. The minimum absolute atomic E-state index is 0.0428. The van der Waals surface area contributed by atoms with E-state index in [1.807, 2.05) is 12.1 Å². The smallest absolute Gasteiger partial charge is 0.335 e. The number of hydrogen-bond donors (Lipinski definition) is 3. The van der Waals surface area contributed by atoms with Gasteiger partial charge in [0.1, 0.15) is 0 Å². The molecule has 7 heteroatoms. The Bertz CT molecular complexity index is 984. The Morgan fingerprint density at radius 3 is 2.67 bits per heavy atom. The fourth-order valence-electron chi connectivity index (χ4n) is 5.03. The Morgan fingerprint density at radius 2 is 1.91 bits per heavy atom. The number of aromatic carboxylic acids is 1. The highest BCUT2D eigenvalue weighted by atomic mass is 16.5. The first-order valence-corrected chi connectivity index (χ1v) is 11.7. The minimum Gasteiger partial charge on any atom is -0.478 e. The molecule has 2 heterocycles. The van der Waals surface area contributed by atoms with E-state index in [4.69, 9.17) is 9.84 Å². The number of amides is 1. The van der Waals surface area contributed by atoms with Crippen molar-refractivity contribution >= 4 is 11.9 Å². The van der Waals surface area contributed by atoms with Crippen LogP contribution >= 0.6 is 0 Å². The van der Waals surface area contributed by atoms with E-state index in [1.165, 1.54) is 11.1 Å². The number of nitrogens with one attached hydrogen (secondary N) is 1. The maximum atomic E-state index is 12.4. The van der Waals surface area contributed by atoms with Crippen LogP contribution in [-0.4, -0.2) is 59.3 Å². The summed E-state index contributed by atoms with van der Waals surface area (Å²) in [6.07, 6.45) is 3.06. The van der Waals surface area contributed by atoms with Crippen LogP contribution in [0.25, 0.3) is 0 Å². The highest BCUT2D eigenvalue weighted by Gasteiger charge is 2.43. The van der Waals surface area contributed by atoms with Gasteiger partial charge in [0.2, 0.25) is 5.91 Å². The number of carboxylic acid groups (broad SMARTS) is 1. The monoisotopic (exact) mass is 452 g/mol. The molecular formula is C26H32N2O5. The standard InChI is InChI=1S/C26H32N2O5/c29-14-4-11-27-24(30)17-22-16-20-6-1-2-8-23(20)26(33-22)9-12-28(13-10-26)18-19-5-3-7-21(15-19)25(31)32/h1-3,5-8,15,22,29H,4,9-14,16-18H2,(H,27,30)(H,31,32). The van der Waals surface area contributed by atoms with Crippen LogP contribution in [0.3, 0.4) is 0 Å². The van der Waals surface area contributed by atoms with Crippen molar-refractivity contribution in [3.63, 3.8) is 0 Å². The van der Waals surface area contributed by atoms with Crippen molar-refractivity contribution in [1.82, 2.24) is 10.2 Å². The fraction of sp³-hybridized carbons (Fsp3) is 0.462. The summed E-state index contributed by atoms with van der Waals surface area (Å²) in [5, 5.41) is 21.0. The van der Waals surface area contributed by atoms with E-state index in [2.05, 4.69) is 28.4 Å². The lowest BCUT2D eigenvalue weighted by Gasteiger charge is -2.47. The average Bonchev–Trinajstić information content (AvgIpc) is 2.81. The topological polar surface area (TPSA) is 99.1 Å². The molecule has 7 nitrogen and oxygen atoms in total. The number of benzene rings is 2. The molecule has 1 spiro atoms. The molecule has 176 valence electrons. The van der Waals surface area contributed by atoms with E-state index in [0.717, 1.165) is 37.9 Å². The van der Waals surface area contributed by atoms with Gasteiger partial charge in [-0.2, -0.15) is 0 Å². The van der Waals surface area contributed by atoms with E-state index in [1.54, 1.807) is 18.2 Å². The average molecular weight is 453 g/mol. The van der Waals surface area contributed by atoms with E-state index in [0.29, 0.717) is 31.5 Å². The molecule has 0 aliphatic carbocycles. The van der Waals surface area contributed by atoms with Gasteiger partial charge in [-0.1, -0.05) is 36.4 Å². The third kappa shape index (κ3) is 5.61. The number of piperidine rings is 1. The molecule has 3 N–H and O–H groups in total. The number of likely N-dealkylation sites (tertiary alicyclic amines) is 1. The van der Waals surface area contributed by atoms with Gasteiger partial charge in [-0.25, -0.2) is 4.79 Å². The zero-order chi connectivity index (χ0) is 23.3. The maximum absolute atomic E-state index is 12.4. The Hall–Kier alpha value is -2.74. The van der Waals surface area contributed by atoms with Crippen molar-refractivity contribution in [3.05, 3.63) is 70.8 Å². The summed E-state index contributed by atoms with van der Waals surface area (Å²) in [6, 6.07) is 15.5. The van der Waals surface area contributed by atoms with E-state index >= 15 is 0 Å². The molecule has 0 aromatic heterocycles. The third-order valence-electron chi connectivity index (χ3n) is 6.66. The molecule has 2 aromatic carbocycles. The van der Waals surface area contributed by atoms with Crippen LogP contribution in [0.5, 0.6) is 0 Å². The second-order valence-corrected chi connectivity index (χ2v) is 9.01. The fourth-order valence-corrected chi connectivity index (χ4v) is 5.03. The van der Waals surface area contributed by atoms with Gasteiger partial charge in [0, 0.05) is 32.8 Å². The minimum atomic E-state index is -0.909. The Kier molecular flexibility index (Phi) is 7.42. The molecule has 0 radical (unpaired) electrons. The Labute approximate surface area is 194 Å². The molecule has 33 heavy (non-hydrogen) atoms. The van der Waals surface area contributed by atoms with E-state index < -0.39 is 11.6 Å². The van der Waals surface area contributed by atoms with Gasteiger partial charge in [0.05, 0.1) is 23.7 Å². The lowest BCUT2D eigenvalue weighted by Crippen LogP contribution is -2.49. The van der Waals surface area contributed by atoms with E-state index in [9.17, 15) is 14.7 Å². The van der Waals surface area contributed by atoms with Crippen LogP contribution in [0, 0.1) is 0 Å². The zero-order valence-corrected chi connectivity index (χ0v) is 18.8. The van der Waals surface area contributed by atoms with Crippen molar-refractivity contribution in [3.8, 4) is 0 Å². The highest BCUT2D eigenvalue weighted by Crippen LogP contribution is 2.44. The number of fused-ring (bicyclic) bond motifs is 2. The maximum Gasteiger partial charge on any atom is 0.335 e. The van der Waals surface area contributed by atoms with Gasteiger partial charge >= 0.3 is 5.97 Å². The number of ether oxygens (including phenoxy) is 1. The zero-order valence-electron chi connectivity index (χ0n) is 18.8. The molecular weight excluding hydrogens is 420 g/mol. The number of rotatable bonds is 8. The van der Waals surface area contributed by atoms with E-state index in [-0.39, 0.29) is 18.6 Å². The van der Waals surface area contributed by atoms with Crippen molar-refractivity contribution in [2.24, 2.45) is 0 Å². The van der Waals surface area contributed by atoms with Crippen LogP contribution < -0.4 is 5.32 Å². The summed E-state index contributed by atoms with van der Waals surface area (Å²) in [7, 11) is 0. The van der Waals surface area contributed by atoms with Crippen LogP contribution in [0.4, 0.5) is 0 Å². The predicted molar refractivity (Wildman–Crippen MR) is 124 cm³/mol. The highest BCUT2D eigenvalue weighted by molar-refractivity contribution is 5.87. The number of nitrogens with zero attached hydrogens (tertiary/aromatic N) is 1. The van der Waals surface area contributed by atoms with Crippen molar-refractivity contribution in [2.75, 3.05) is 26.2 Å². The molecule has 0 bridgehead atoms. The normalized spacial score (nSPS) is 19.7. The number of carboxylic acids is 1. The molecule has 1 unspecified atom stereocenters. The van der Waals surface area contributed by atoms with Crippen molar-refractivity contribution in [1.29, 1.82) is 0 Å². The number of carbonyl (C=O) groups excluding carboxylic acids is 1. The second kappa shape index (κ2) is 10.5. The van der Waals surface area contributed by atoms with Crippen LogP contribution in [0.15, 0.2) is 48.5 Å². The van der Waals surface area contributed by atoms with Gasteiger partial charge in [0.25, 0.3) is 0 Å². The SMILES string of the molecule is O=C(CC1Cc2ccccc2C2(CCN(Cc3cccc(C(=O)O)c3)CC2)O1)NCCCO. The molecule has 2 aliphatic heterocycles. The third-order valence-corrected chi connectivity index (χ3v) is 6.66. The van der Waals surface area contributed by atoms with Crippen LogP contribution in [0.1, 0.15) is 52.7 Å². The van der Waals surface area contributed by atoms with Gasteiger partial charge in [-0.05, 0) is 54.5 Å². The number of carbonyl (C=O) groups is 2. The van der Waals surface area contributed by atoms with Crippen molar-refractivity contribution < 1.29 is 24.5 Å². The lowest BCUT2D eigenvalue weighted by atomic mass is 9.77. The number of aliphatic hydroxyl groups is 1. The molecule has 4 rings (SSSR count). The quantitative estimate of drug-likeness (QED) is 0.533. The summed E-state index contributed by atoms with van der Waals surface area (Å²) in [5.74, 6) is -0.952. The Balaban J connectivity index is 1.43. The van der Waals surface area contributed by atoms with Crippen LogP contribution in [0.2, 0.25) is 0 Å². The molecule has 1 fully saturated rings. The first kappa shape index (κ1) is 23.4. The number of hydrogen-bond acceptors (Lipinski definition) is 5. The second-order valence-electron chi connectivity index (χ2n) is 9.01. The van der Waals surface area contributed by atoms with Gasteiger partial charge in [0.15, 0.2) is 0 Å². The van der Waals surface area contributed by atoms with Gasteiger partial charge in [-0.3, -0.25) is 9.69 Å². The predicted octanol–water partition coefficient (Wildman–Crippen LogP) is 2.71. The Morgan fingerprint density at radius 1 is 1.12 bits per heavy atom. The largest absolute Gasteiger partial charge is 0.478 e. The number of aliphatic hydroxyl groups excluding tert-OH is 1. The van der Waals surface area contributed by atoms with Gasteiger partial charge < -0.3 is 20.3 Å². The summed E-state index contributed by atoms with van der Waals surface area (Å²) >= 11 is 0. The molecule has 1 saturated heterocycles. The summed E-state index contributed by atoms with van der Waals surface area (Å²) in [5.41, 5.74) is 3.39. The lowest BCUT2D eigenvalue weighted by molar-refractivity contribution is -0.150. The molecule has 1 atom stereocenters. The summed E-state index contributed by atoms with van der Waals surface area (Å²) in [4.78, 5) is 26.0. The first-order valence-electron chi connectivity index (χ1n) is 11.7. The first-order chi connectivity index (χ1) is 16.0. The molecule has 2 aliphatic rings. The summed E-state index contributed by atoms with van der Waals surface area (Å²) in [6.45, 7) is 2.91.